The summed E-state index contributed by atoms with van der Waals surface area (Å²) in [6.45, 7) is 2.17. The normalized spacial score (nSPS) is 22.9. The monoisotopic (exact) mass is 173 g/mol. The van der Waals surface area contributed by atoms with E-state index in [-0.39, 0.29) is 18.6 Å². The van der Waals surface area contributed by atoms with Gasteiger partial charge < -0.3 is 15.1 Å². The molecule has 1 aliphatic rings. The van der Waals surface area contributed by atoms with E-state index >= 15 is 0 Å². The van der Waals surface area contributed by atoms with Crippen LogP contribution in [-0.2, 0) is 4.79 Å². The van der Waals surface area contributed by atoms with E-state index in [4.69, 9.17) is 5.11 Å². The van der Waals surface area contributed by atoms with E-state index in [1.54, 1.807) is 11.8 Å². The summed E-state index contributed by atoms with van der Waals surface area (Å²) >= 11 is 0. The molecule has 0 radical (unpaired) electrons. The Balaban J connectivity index is 2.51. The smallest absolute Gasteiger partial charge is 0.222 e. The SMILES string of the molecule is CC(C(O)CO)N1CCCC1=O. The zero-order chi connectivity index (χ0) is 9.14. The third-order valence-corrected chi connectivity index (χ3v) is 2.35. The maximum atomic E-state index is 11.2. The molecule has 0 aliphatic carbocycles. The molecule has 1 amide bonds. The molecule has 0 aromatic rings. The van der Waals surface area contributed by atoms with Gasteiger partial charge in [-0.1, -0.05) is 0 Å². The van der Waals surface area contributed by atoms with E-state index < -0.39 is 6.10 Å². The van der Waals surface area contributed by atoms with Crippen molar-refractivity contribution >= 4 is 5.91 Å². The fourth-order valence-electron chi connectivity index (χ4n) is 1.46. The molecule has 0 aromatic carbocycles. The average molecular weight is 173 g/mol. The number of rotatable bonds is 3. The summed E-state index contributed by atoms with van der Waals surface area (Å²) in [6, 6.07) is -0.259. The molecule has 1 aliphatic heterocycles. The Hall–Kier alpha value is -0.610. The fourth-order valence-corrected chi connectivity index (χ4v) is 1.46. The molecule has 0 spiro atoms. The van der Waals surface area contributed by atoms with Crippen molar-refractivity contribution in [2.75, 3.05) is 13.2 Å². The van der Waals surface area contributed by atoms with Gasteiger partial charge in [0.2, 0.25) is 5.91 Å². The second-order valence-electron chi connectivity index (χ2n) is 3.18. The molecule has 4 nitrogen and oxygen atoms in total. The van der Waals surface area contributed by atoms with Gasteiger partial charge >= 0.3 is 0 Å². The van der Waals surface area contributed by atoms with Gasteiger partial charge in [0.05, 0.1) is 18.8 Å². The summed E-state index contributed by atoms with van der Waals surface area (Å²) in [5, 5.41) is 17.9. The third-order valence-electron chi connectivity index (χ3n) is 2.35. The molecule has 2 atom stereocenters. The summed E-state index contributed by atoms with van der Waals surface area (Å²) in [7, 11) is 0. The molecule has 1 saturated heterocycles. The number of aliphatic hydroxyl groups excluding tert-OH is 2. The average Bonchev–Trinajstić information content (AvgIpc) is 2.48. The maximum Gasteiger partial charge on any atom is 0.222 e. The molecule has 1 fully saturated rings. The van der Waals surface area contributed by atoms with Crippen molar-refractivity contribution in [1.29, 1.82) is 0 Å². The van der Waals surface area contributed by atoms with Gasteiger partial charge in [0.1, 0.15) is 0 Å². The summed E-state index contributed by atoms with van der Waals surface area (Å²) in [4.78, 5) is 12.8. The molecule has 2 unspecified atom stereocenters. The lowest BCUT2D eigenvalue weighted by Crippen LogP contribution is -2.43. The van der Waals surface area contributed by atoms with Gasteiger partial charge in [0.25, 0.3) is 0 Å². The van der Waals surface area contributed by atoms with Gasteiger partial charge in [-0.05, 0) is 13.3 Å². The zero-order valence-electron chi connectivity index (χ0n) is 7.23. The highest BCUT2D eigenvalue weighted by Gasteiger charge is 2.28. The molecule has 1 rings (SSSR count). The molecule has 0 aromatic heterocycles. The van der Waals surface area contributed by atoms with Gasteiger partial charge in [0.15, 0.2) is 0 Å². The van der Waals surface area contributed by atoms with Crippen LogP contribution in [-0.4, -0.2) is 46.3 Å². The second kappa shape index (κ2) is 3.87. The van der Waals surface area contributed by atoms with Crippen molar-refractivity contribution in [1.82, 2.24) is 4.90 Å². The lowest BCUT2D eigenvalue weighted by Gasteiger charge is -2.27. The molecular weight excluding hydrogens is 158 g/mol. The van der Waals surface area contributed by atoms with Crippen LogP contribution in [0.4, 0.5) is 0 Å². The van der Waals surface area contributed by atoms with Crippen LogP contribution in [0.5, 0.6) is 0 Å². The van der Waals surface area contributed by atoms with Crippen LogP contribution in [0.1, 0.15) is 19.8 Å². The molecule has 2 N–H and O–H groups in total. The number of carbonyl (C=O) groups excluding carboxylic acids is 1. The van der Waals surface area contributed by atoms with Crippen molar-refractivity contribution in [2.45, 2.75) is 31.9 Å². The van der Waals surface area contributed by atoms with Crippen molar-refractivity contribution in [3.63, 3.8) is 0 Å². The Kier molecular flexibility index (Phi) is 3.05. The first-order chi connectivity index (χ1) is 5.66. The fraction of sp³-hybridized carbons (Fsp3) is 0.875. The van der Waals surface area contributed by atoms with E-state index in [0.29, 0.717) is 13.0 Å². The Morgan fingerprint density at radius 3 is 2.75 bits per heavy atom. The quantitative estimate of drug-likeness (QED) is 0.596. The highest BCUT2D eigenvalue weighted by atomic mass is 16.3. The molecule has 1 heterocycles. The predicted molar refractivity (Wildman–Crippen MR) is 43.5 cm³/mol. The van der Waals surface area contributed by atoms with E-state index in [9.17, 15) is 9.90 Å². The number of likely N-dealkylation sites (tertiary alicyclic amines) is 1. The highest BCUT2D eigenvalue weighted by molar-refractivity contribution is 5.78. The van der Waals surface area contributed by atoms with E-state index in [0.717, 1.165) is 6.42 Å². The van der Waals surface area contributed by atoms with Gasteiger partial charge in [-0.2, -0.15) is 0 Å². The van der Waals surface area contributed by atoms with Crippen molar-refractivity contribution in [2.24, 2.45) is 0 Å². The third kappa shape index (κ3) is 1.76. The van der Waals surface area contributed by atoms with E-state index in [2.05, 4.69) is 0 Å². The van der Waals surface area contributed by atoms with Gasteiger partial charge in [0, 0.05) is 13.0 Å². The minimum absolute atomic E-state index is 0.0787. The predicted octanol–water partition coefficient (Wildman–Crippen LogP) is -0.650. The summed E-state index contributed by atoms with van der Waals surface area (Å²) in [5.41, 5.74) is 0. The minimum Gasteiger partial charge on any atom is -0.394 e. The largest absolute Gasteiger partial charge is 0.394 e. The van der Waals surface area contributed by atoms with Crippen LogP contribution in [0.25, 0.3) is 0 Å². The molecule has 70 valence electrons. The first-order valence-corrected chi connectivity index (χ1v) is 4.25. The molecule has 0 bridgehead atoms. The standard InChI is InChI=1S/C8H15NO3/c1-6(7(11)5-10)9-4-2-3-8(9)12/h6-7,10-11H,2-5H2,1H3. The first-order valence-electron chi connectivity index (χ1n) is 4.25. The van der Waals surface area contributed by atoms with Crippen LogP contribution in [0.2, 0.25) is 0 Å². The highest BCUT2D eigenvalue weighted by Crippen LogP contribution is 2.15. The number of carbonyl (C=O) groups is 1. The molecular formula is C8H15NO3. The topological polar surface area (TPSA) is 60.8 Å². The van der Waals surface area contributed by atoms with Crippen molar-refractivity contribution in [3.8, 4) is 0 Å². The van der Waals surface area contributed by atoms with Crippen LogP contribution >= 0.6 is 0 Å². The lowest BCUT2D eigenvalue weighted by atomic mass is 10.2. The maximum absolute atomic E-state index is 11.2. The second-order valence-corrected chi connectivity index (χ2v) is 3.18. The van der Waals surface area contributed by atoms with E-state index in [1.807, 2.05) is 0 Å². The zero-order valence-corrected chi connectivity index (χ0v) is 7.23. The van der Waals surface area contributed by atoms with Crippen LogP contribution in [0.15, 0.2) is 0 Å². The van der Waals surface area contributed by atoms with Crippen molar-refractivity contribution < 1.29 is 15.0 Å². The Bertz CT molecular complexity index is 172. The Morgan fingerprint density at radius 1 is 1.67 bits per heavy atom. The number of nitrogens with zero attached hydrogens (tertiary/aromatic N) is 1. The molecule has 4 heteroatoms. The minimum atomic E-state index is -0.813. The first kappa shape index (κ1) is 9.48. The molecule has 12 heavy (non-hydrogen) atoms. The summed E-state index contributed by atoms with van der Waals surface area (Å²) in [5.74, 6) is 0.0787. The van der Waals surface area contributed by atoms with Gasteiger partial charge in [-0.25, -0.2) is 0 Å². The summed E-state index contributed by atoms with van der Waals surface area (Å²) in [6.07, 6.45) is 0.621. The van der Waals surface area contributed by atoms with Crippen LogP contribution in [0.3, 0.4) is 0 Å². The van der Waals surface area contributed by atoms with E-state index in [1.165, 1.54) is 0 Å². The summed E-state index contributed by atoms with van der Waals surface area (Å²) < 4.78 is 0. The Morgan fingerprint density at radius 2 is 2.33 bits per heavy atom. The number of hydrogen-bond donors (Lipinski definition) is 2. The number of aliphatic hydroxyl groups is 2. The lowest BCUT2D eigenvalue weighted by molar-refractivity contribution is -0.132. The number of amides is 1. The van der Waals surface area contributed by atoms with Crippen LogP contribution in [0, 0.1) is 0 Å². The van der Waals surface area contributed by atoms with Crippen molar-refractivity contribution in [3.05, 3.63) is 0 Å². The van der Waals surface area contributed by atoms with Gasteiger partial charge in [-0.15, -0.1) is 0 Å². The molecule has 0 saturated carbocycles. The number of hydrogen-bond acceptors (Lipinski definition) is 3. The van der Waals surface area contributed by atoms with Gasteiger partial charge in [-0.3, -0.25) is 4.79 Å². The Labute approximate surface area is 71.8 Å². The van der Waals surface area contributed by atoms with Crippen LogP contribution < -0.4 is 0 Å².